The van der Waals surface area contributed by atoms with Crippen molar-refractivity contribution in [3.63, 3.8) is 0 Å². The maximum atomic E-state index is 12.4. The standard InChI is InChI=1S/C16H17N3O4/c20-14(21)9-16(5-8-23-10-16)18-15(22)12-1-3-13(4-2-12)19-7-6-17-11-19/h1-4,6-7,11H,5,8-10H2,(H,18,22)(H,20,21). The number of nitrogens with zero attached hydrogens (tertiary/aromatic N) is 2. The molecule has 7 heteroatoms. The summed E-state index contributed by atoms with van der Waals surface area (Å²) < 4.78 is 7.11. The molecule has 120 valence electrons. The van der Waals surface area contributed by atoms with Crippen molar-refractivity contribution in [2.24, 2.45) is 0 Å². The lowest BCUT2D eigenvalue weighted by atomic mass is 9.93. The molecule has 1 atom stereocenters. The van der Waals surface area contributed by atoms with Gasteiger partial charge in [0.2, 0.25) is 0 Å². The van der Waals surface area contributed by atoms with Crippen LogP contribution in [0.2, 0.25) is 0 Å². The predicted octanol–water partition coefficient (Wildman–Crippen LogP) is 1.24. The van der Waals surface area contributed by atoms with Gasteiger partial charge >= 0.3 is 5.97 Å². The van der Waals surface area contributed by atoms with Crippen molar-refractivity contribution >= 4 is 11.9 Å². The highest BCUT2D eigenvalue weighted by Gasteiger charge is 2.38. The molecular formula is C16H17N3O4. The number of benzene rings is 1. The van der Waals surface area contributed by atoms with E-state index >= 15 is 0 Å². The third-order valence-corrected chi connectivity index (χ3v) is 3.90. The summed E-state index contributed by atoms with van der Waals surface area (Å²) in [5, 5.41) is 11.9. The number of imidazole rings is 1. The Kier molecular flexibility index (Phi) is 4.12. The zero-order valence-electron chi connectivity index (χ0n) is 12.4. The van der Waals surface area contributed by atoms with E-state index in [0.29, 0.717) is 18.6 Å². The Hall–Kier alpha value is -2.67. The summed E-state index contributed by atoms with van der Waals surface area (Å²) in [6.45, 7) is 0.672. The minimum absolute atomic E-state index is 0.147. The van der Waals surface area contributed by atoms with Gasteiger partial charge < -0.3 is 19.7 Å². The average Bonchev–Trinajstić information content (AvgIpc) is 3.19. The zero-order chi connectivity index (χ0) is 16.3. The fourth-order valence-electron chi connectivity index (χ4n) is 2.69. The monoisotopic (exact) mass is 315 g/mol. The minimum Gasteiger partial charge on any atom is -0.481 e. The van der Waals surface area contributed by atoms with Gasteiger partial charge in [-0.3, -0.25) is 9.59 Å². The number of nitrogens with one attached hydrogen (secondary N) is 1. The normalized spacial score (nSPS) is 20.3. The summed E-state index contributed by atoms with van der Waals surface area (Å²) in [6, 6.07) is 7.03. The molecule has 1 aromatic carbocycles. The van der Waals surface area contributed by atoms with Gasteiger partial charge in [-0.25, -0.2) is 4.98 Å². The summed E-state index contributed by atoms with van der Waals surface area (Å²) in [7, 11) is 0. The van der Waals surface area contributed by atoms with Crippen LogP contribution in [0.5, 0.6) is 0 Å². The molecule has 0 bridgehead atoms. The minimum atomic E-state index is -0.953. The molecule has 1 unspecified atom stereocenters. The summed E-state index contributed by atoms with van der Waals surface area (Å²) in [5.41, 5.74) is 0.542. The molecule has 1 aliphatic rings. The van der Waals surface area contributed by atoms with Crippen molar-refractivity contribution in [3.05, 3.63) is 48.5 Å². The number of amides is 1. The Morgan fingerprint density at radius 3 is 2.70 bits per heavy atom. The first-order chi connectivity index (χ1) is 11.1. The number of carbonyl (C=O) groups excluding carboxylic acids is 1. The molecule has 1 fully saturated rings. The van der Waals surface area contributed by atoms with Crippen LogP contribution in [0.3, 0.4) is 0 Å². The van der Waals surface area contributed by atoms with E-state index in [1.54, 1.807) is 24.7 Å². The van der Waals surface area contributed by atoms with Crippen LogP contribution in [0.4, 0.5) is 0 Å². The average molecular weight is 315 g/mol. The quantitative estimate of drug-likeness (QED) is 0.866. The molecule has 3 rings (SSSR count). The van der Waals surface area contributed by atoms with Gasteiger partial charge in [-0.1, -0.05) is 0 Å². The fraction of sp³-hybridized carbons (Fsp3) is 0.312. The van der Waals surface area contributed by atoms with E-state index in [0.717, 1.165) is 5.69 Å². The number of rotatable bonds is 5. The molecule has 2 N–H and O–H groups in total. The zero-order valence-corrected chi connectivity index (χ0v) is 12.4. The molecule has 0 radical (unpaired) electrons. The van der Waals surface area contributed by atoms with Crippen LogP contribution in [-0.2, 0) is 9.53 Å². The summed E-state index contributed by atoms with van der Waals surface area (Å²) in [5.74, 6) is -1.25. The first-order valence-electron chi connectivity index (χ1n) is 7.28. The largest absolute Gasteiger partial charge is 0.481 e. The molecule has 2 aromatic rings. The van der Waals surface area contributed by atoms with Crippen molar-refractivity contribution in [1.82, 2.24) is 14.9 Å². The van der Waals surface area contributed by atoms with E-state index in [1.165, 1.54) is 0 Å². The molecule has 0 aliphatic carbocycles. The van der Waals surface area contributed by atoms with E-state index in [9.17, 15) is 9.59 Å². The maximum Gasteiger partial charge on any atom is 0.305 e. The van der Waals surface area contributed by atoms with Gasteiger partial charge in [0.15, 0.2) is 0 Å². The summed E-state index contributed by atoms with van der Waals surface area (Å²) in [4.78, 5) is 27.4. The smallest absolute Gasteiger partial charge is 0.305 e. The first-order valence-corrected chi connectivity index (χ1v) is 7.28. The number of aliphatic carboxylic acids is 1. The van der Waals surface area contributed by atoms with Crippen LogP contribution in [0.1, 0.15) is 23.2 Å². The summed E-state index contributed by atoms with van der Waals surface area (Å²) >= 11 is 0. The molecule has 2 heterocycles. The van der Waals surface area contributed by atoms with Crippen LogP contribution < -0.4 is 5.32 Å². The van der Waals surface area contributed by atoms with Crippen molar-refractivity contribution in [3.8, 4) is 5.69 Å². The van der Waals surface area contributed by atoms with Gasteiger partial charge in [0.25, 0.3) is 5.91 Å². The SMILES string of the molecule is O=C(O)CC1(NC(=O)c2ccc(-n3ccnc3)cc2)CCOC1. The lowest BCUT2D eigenvalue weighted by Gasteiger charge is -2.27. The molecule has 23 heavy (non-hydrogen) atoms. The summed E-state index contributed by atoms with van der Waals surface area (Å²) in [6.07, 6.45) is 5.51. The van der Waals surface area contributed by atoms with Crippen molar-refractivity contribution < 1.29 is 19.4 Å². The Bertz CT molecular complexity index is 689. The Morgan fingerprint density at radius 2 is 2.13 bits per heavy atom. The van der Waals surface area contributed by atoms with Gasteiger partial charge in [-0.15, -0.1) is 0 Å². The van der Waals surface area contributed by atoms with Gasteiger partial charge in [0.1, 0.15) is 0 Å². The highest BCUT2D eigenvalue weighted by molar-refractivity contribution is 5.95. The number of ether oxygens (including phenoxy) is 1. The first kappa shape index (κ1) is 15.2. The highest BCUT2D eigenvalue weighted by Crippen LogP contribution is 2.23. The van der Waals surface area contributed by atoms with Crippen LogP contribution in [0, 0.1) is 0 Å². The van der Waals surface area contributed by atoms with Crippen LogP contribution in [-0.4, -0.2) is 45.3 Å². The third-order valence-electron chi connectivity index (χ3n) is 3.90. The number of carboxylic acid groups (broad SMARTS) is 1. The van der Waals surface area contributed by atoms with E-state index in [4.69, 9.17) is 9.84 Å². The van der Waals surface area contributed by atoms with Gasteiger partial charge in [0, 0.05) is 30.3 Å². The van der Waals surface area contributed by atoms with Crippen molar-refractivity contribution in [2.75, 3.05) is 13.2 Å². The molecule has 0 spiro atoms. The second-order valence-corrected chi connectivity index (χ2v) is 5.62. The van der Waals surface area contributed by atoms with Crippen molar-refractivity contribution in [1.29, 1.82) is 0 Å². The second kappa shape index (κ2) is 6.21. The number of hydrogen-bond acceptors (Lipinski definition) is 4. The topological polar surface area (TPSA) is 93.5 Å². The van der Waals surface area contributed by atoms with Gasteiger partial charge in [0.05, 0.1) is 24.9 Å². The number of hydrogen-bond donors (Lipinski definition) is 2. The molecular weight excluding hydrogens is 298 g/mol. The molecule has 1 aromatic heterocycles. The number of aromatic nitrogens is 2. The van der Waals surface area contributed by atoms with E-state index < -0.39 is 11.5 Å². The maximum absolute atomic E-state index is 12.4. The van der Waals surface area contributed by atoms with Crippen LogP contribution >= 0.6 is 0 Å². The van der Waals surface area contributed by atoms with Crippen LogP contribution in [0.25, 0.3) is 5.69 Å². The van der Waals surface area contributed by atoms with Gasteiger partial charge in [-0.2, -0.15) is 0 Å². The number of carboxylic acids is 1. The predicted molar refractivity (Wildman–Crippen MR) is 81.5 cm³/mol. The highest BCUT2D eigenvalue weighted by atomic mass is 16.5. The van der Waals surface area contributed by atoms with E-state index in [1.807, 2.05) is 22.9 Å². The Balaban J connectivity index is 1.73. The van der Waals surface area contributed by atoms with E-state index in [-0.39, 0.29) is 18.9 Å². The fourth-order valence-corrected chi connectivity index (χ4v) is 2.69. The number of carbonyl (C=O) groups is 2. The second-order valence-electron chi connectivity index (χ2n) is 5.62. The third kappa shape index (κ3) is 3.40. The van der Waals surface area contributed by atoms with Gasteiger partial charge in [-0.05, 0) is 30.7 Å². The molecule has 1 saturated heterocycles. The Morgan fingerprint density at radius 1 is 1.35 bits per heavy atom. The molecule has 7 nitrogen and oxygen atoms in total. The lowest BCUT2D eigenvalue weighted by molar-refractivity contribution is -0.138. The lowest BCUT2D eigenvalue weighted by Crippen LogP contribution is -2.50. The van der Waals surface area contributed by atoms with E-state index in [2.05, 4.69) is 10.3 Å². The molecule has 1 amide bonds. The van der Waals surface area contributed by atoms with Crippen LogP contribution in [0.15, 0.2) is 43.0 Å². The van der Waals surface area contributed by atoms with Crippen molar-refractivity contribution in [2.45, 2.75) is 18.4 Å². The molecule has 0 saturated carbocycles. The Labute approximate surface area is 132 Å². The molecule has 1 aliphatic heterocycles.